The molecule has 1 saturated carbocycles. The molecule has 0 atom stereocenters. The number of hydrogen-bond acceptors (Lipinski definition) is 4. The van der Waals surface area contributed by atoms with Gasteiger partial charge in [0.25, 0.3) is 0 Å². The number of rotatable bonds is 8. The summed E-state index contributed by atoms with van der Waals surface area (Å²) in [5.74, 6) is 1.73. The summed E-state index contributed by atoms with van der Waals surface area (Å²) in [6.07, 6.45) is 7.81. The molecule has 30 heavy (non-hydrogen) atoms. The molecule has 2 fully saturated rings. The van der Waals surface area contributed by atoms with E-state index in [2.05, 4.69) is 44.8 Å². The molecule has 2 aliphatic rings. The summed E-state index contributed by atoms with van der Waals surface area (Å²) < 4.78 is 0. The van der Waals surface area contributed by atoms with Crippen molar-refractivity contribution in [1.82, 2.24) is 20.4 Å². The zero-order valence-corrected chi connectivity index (χ0v) is 19.3. The summed E-state index contributed by atoms with van der Waals surface area (Å²) >= 11 is 1.83. The van der Waals surface area contributed by atoms with E-state index in [1.165, 1.54) is 30.6 Å². The number of hydrogen-bond donors (Lipinski definition) is 2. The number of aliphatic imine (C=N–C) groups is 1. The predicted octanol–water partition coefficient (Wildman–Crippen LogP) is 2.81. The van der Waals surface area contributed by atoms with Gasteiger partial charge in [-0.1, -0.05) is 31.0 Å². The van der Waals surface area contributed by atoms with Gasteiger partial charge < -0.3 is 20.4 Å². The maximum Gasteiger partial charge on any atom is 0.243 e. The highest BCUT2D eigenvalue weighted by atomic mass is 32.2. The lowest BCUT2D eigenvalue weighted by atomic mass is 10.0. The molecule has 7 heteroatoms. The van der Waals surface area contributed by atoms with Crippen LogP contribution in [0.5, 0.6) is 0 Å². The Morgan fingerprint density at radius 3 is 2.50 bits per heavy atom. The van der Waals surface area contributed by atoms with Crippen molar-refractivity contribution in [3.63, 3.8) is 0 Å². The number of benzene rings is 1. The Kier molecular flexibility index (Phi) is 9.33. The molecule has 1 saturated heterocycles. The Hall–Kier alpha value is -1.73. The third kappa shape index (κ3) is 7.51. The van der Waals surface area contributed by atoms with Gasteiger partial charge in [0, 0.05) is 56.5 Å². The Balaban J connectivity index is 1.46. The highest BCUT2D eigenvalue weighted by Gasteiger charge is 2.27. The summed E-state index contributed by atoms with van der Waals surface area (Å²) in [6, 6.07) is 11.7. The number of nitrogens with one attached hydrogen (secondary N) is 2. The molecule has 1 aliphatic heterocycles. The van der Waals surface area contributed by atoms with Crippen LogP contribution in [-0.2, 0) is 4.79 Å². The Bertz CT molecular complexity index is 667. The minimum atomic E-state index is 0.0193. The second-order valence-electron chi connectivity index (χ2n) is 8.43. The lowest BCUT2D eigenvalue weighted by Gasteiger charge is -2.36. The molecule has 0 bridgehead atoms. The summed E-state index contributed by atoms with van der Waals surface area (Å²) in [6.45, 7) is 3.31. The lowest BCUT2D eigenvalue weighted by Crippen LogP contribution is -2.50. The van der Waals surface area contributed by atoms with Crippen LogP contribution in [-0.4, -0.2) is 79.8 Å². The molecule has 1 aromatic rings. The van der Waals surface area contributed by atoms with Crippen LogP contribution >= 0.6 is 11.8 Å². The van der Waals surface area contributed by atoms with Crippen LogP contribution in [0.25, 0.3) is 0 Å². The molecule has 3 rings (SSSR count). The molecule has 0 spiro atoms. The third-order valence-corrected chi connectivity index (χ3v) is 7.00. The molecule has 1 heterocycles. The third-order valence-electron chi connectivity index (χ3n) is 5.99. The van der Waals surface area contributed by atoms with E-state index in [4.69, 9.17) is 0 Å². The zero-order chi connectivity index (χ0) is 21.2. The average Bonchev–Trinajstić information content (AvgIpc) is 3.30. The van der Waals surface area contributed by atoms with Crippen molar-refractivity contribution in [2.75, 3.05) is 46.0 Å². The minimum Gasteiger partial charge on any atom is -0.356 e. The molecule has 0 aromatic heterocycles. The zero-order valence-electron chi connectivity index (χ0n) is 18.5. The van der Waals surface area contributed by atoms with E-state index in [1.807, 2.05) is 17.8 Å². The number of nitrogens with zero attached hydrogens (tertiary/aromatic N) is 3. The van der Waals surface area contributed by atoms with Gasteiger partial charge >= 0.3 is 0 Å². The first kappa shape index (κ1) is 22.9. The molecule has 0 unspecified atom stereocenters. The van der Waals surface area contributed by atoms with Crippen LogP contribution in [0.4, 0.5) is 0 Å². The number of piperidine rings is 1. The molecule has 166 valence electrons. The number of likely N-dealkylation sites (N-methyl/N-ethyl adjacent to an activating group) is 1. The fraction of sp³-hybridized carbons (Fsp3) is 0.652. The maximum absolute atomic E-state index is 12.0. The first-order valence-corrected chi connectivity index (χ1v) is 12.3. The second-order valence-corrected chi connectivity index (χ2v) is 9.60. The Labute approximate surface area is 185 Å². The first-order chi connectivity index (χ1) is 14.6. The fourth-order valence-corrected chi connectivity index (χ4v) is 4.96. The van der Waals surface area contributed by atoms with Crippen molar-refractivity contribution >= 4 is 23.6 Å². The van der Waals surface area contributed by atoms with E-state index in [-0.39, 0.29) is 12.5 Å². The molecular weight excluding hydrogens is 394 g/mol. The van der Waals surface area contributed by atoms with Crippen LogP contribution in [0.15, 0.2) is 40.2 Å². The van der Waals surface area contributed by atoms with E-state index in [0.717, 1.165) is 50.2 Å². The van der Waals surface area contributed by atoms with Crippen LogP contribution in [0, 0.1) is 0 Å². The van der Waals surface area contributed by atoms with Gasteiger partial charge in [0.1, 0.15) is 6.54 Å². The Morgan fingerprint density at radius 2 is 1.83 bits per heavy atom. The van der Waals surface area contributed by atoms with Gasteiger partial charge in [-0.3, -0.25) is 4.79 Å². The number of guanidine groups is 1. The van der Waals surface area contributed by atoms with Crippen molar-refractivity contribution in [3.8, 4) is 0 Å². The molecule has 1 aromatic carbocycles. The van der Waals surface area contributed by atoms with Crippen molar-refractivity contribution < 1.29 is 4.79 Å². The number of carbonyl (C=O) groups is 1. The smallest absolute Gasteiger partial charge is 0.243 e. The summed E-state index contributed by atoms with van der Waals surface area (Å²) in [5, 5.41) is 7.02. The molecular formula is C23H37N5OS. The van der Waals surface area contributed by atoms with Gasteiger partial charge in [0.05, 0.1) is 0 Å². The van der Waals surface area contributed by atoms with Crippen molar-refractivity contribution in [2.24, 2.45) is 4.99 Å². The minimum absolute atomic E-state index is 0.0193. The van der Waals surface area contributed by atoms with Gasteiger partial charge in [-0.2, -0.15) is 0 Å². The Morgan fingerprint density at radius 1 is 1.13 bits per heavy atom. The van der Waals surface area contributed by atoms with E-state index < -0.39 is 0 Å². The van der Waals surface area contributed by atoms with Crippen molar-refractivity contribution in [3.05, 3.63) is 30.3 Å². The quantitative estimate of drug-likeness (QED) is 0.287. The highest BCUT2D eigenvalue weighted by Crippen LogP contribution is 2.26. The number of likely N-dealkylation sites (tertiary alicyclic amines) is 1. The van der Waals surface area contributed by atoms with Gasteiger partial charge in [0.2, 0.25) is 5.91 Å². The summed E-state index contributed by atoms with van der Waals surface area (Å²) in [4.78, 5) is 22.1. The van der Waals surface area contributed by atoms with Gasteiger partial charge in [-0.15, -0.1) is 11.8 Å². The van der Waals surface area contributed by atoms with Crippen molar-refractivity contribution in [2.45, 2.75) is 55.5 Å². The number of carbonyl (C=O) groups excluding carboxylic acids is 1. The summed E-state index contributed by atoms with van der Waals surface area (Å²) in [7, 11) is 3.54. The van der Waals surface area contributed by atoms with Gasteiger partial charge in [-0.05, 0) is 37.8 Å². The molecule has 6 nitrogen and oxygen atoms in total. The number of thioether (sulfide) groups is 1. The van der Waals surface area contributed by atoms with Crippen LogP contribution in [0.1, 0.15) is 38.5 Å². The van der Waals surface area contributed by atoms with Gasteiger partial charge in [0.15, 0.2) is 5.96 Å². The molecule has 2 N–H and O–H groups in total. The van der Waals surface area contributed by atoms with E-state index in [9.17, 15) is 4.79 Å². The van der Waals surface area contributed by atoms with Crippen LogP contribution in [0.2, 0.25) is 0 Å². The lowest BCUT2D eigenvalue weighted by molar-refractivity contribution is -0.127. The van der Waals surface area contributed by atoms with Crippen LogP contribution in [0.3, 0.4) is 0 Å². The summed E-state index contributed by atoms with van der Waals surface area (Å²) in [5.41, 5.74) is 0. The fourth-order valence-electron chi connectivity index (χ4n) is 4.17. The van der Waals surface area contributed by atoms with E-state index >= 15 is 0 Å². The average molecular weight is 432 g/mol. The molecule has 1 aliphatic carbocycles. The second kappa shape index (κ2) is 12.2. The van der Waals surface area contributed by atoms with E-state index in [1.54, 1.807) is 19.0 Å². The topological polar surface area (TPSA) is 60.0 Å². The first-order valence-electron chi connectivity index (χ1n) is 11.3. The standard InChI is InChI=1S/C23H37N5OS/c1-27(2)22(29)18-25-23(24-14-17-30-21-10-4-3-5-11-21)26-19-12-15-28(16-13-19)20-8-6-7-9-20/h3-5,10-11,19-20H,6-9,12-18H2,1-2H3,(H2,24,25,26). The molecule has 1 amide bonds. The monoisotopic (exact) mass is 431 g/mol. The van der Waals surface area contributed by atoms with Gasteiger partial charge in [-0.25, -0.2) is 4.99 Å². The van der Waals surface area contributed by atoms with Crippen molar-refractivity contribution in [1.29, 1.82) is 0 Å². The van der Waals surface area contributed by atoms with Crippen LogP contribution < -0.4 is 10.6 Å². The largest absolute Gasteiger partial charge is 0.356 e. The van der Waals surface area contributed by atoms with E-state index in [0.29, 0.717) is 6.04 Å². The number of amides is 1. The SMILES string of the molecule is CN(C)C(=O)CN=C(NCCSc1ccccc1)NC1CCN(C2CCCC2)CC1. The maximum atomic E-state index is 12.0. The predicted molar refractivity (Wildman–Crippen MR) is 126 cm³/mol. The molecule has 0 radical (unpaired) electrons. The highest BCUT2D eigenvalue weighted by molar-refractivity contribution is 7.99. The normalized spacial score (nSPS) is 19.1.